The van der Waals surface area contributed by atoms with E-state index >= 15 is 0 Å². The summed E-state index contributed by atoms with van der Waals surface area (Å²) < 4.78 is 62.7. The minimum atomic E-state index is -5.62. The number of carbonyl (C=O) groups excluding carboxylic acids is 4. The van der Waals surface area contributed by atoms with Gasteiger partial charge in [0.15, 0.2) is 22.8 Å². The van der Waals surface area contributed by atoms with Gasteiger partial charge in [-0.15, -0.1) is 0 Å². The average Bonchev–Trinajstić information content (AvgIpc) is 3.66. The molecular formula is C48H78N7O21P3S. The molecule has 452 valence electrons. The van der Waals surface area contributed by atoms with E-state index in [-0.39, 0.29) is 107 Å². The third kappa shape index (κ3) is 14.4. The zero-order chi connectivity index (χ0) is 59.1. The lowest BCUT2D eigenvalue weighted by atomic mass is 9.43. The van der Waals surface area contributed by atoms with Crippen LogP contribution in [0.15, 0.2) is 12.7 Å². The van der Waals surface area contributed by atoms with Crippen molar-refractivity contribution in [1.82, 2.24) is 30.2 Å². The number of nitrogens with one attached hydrogen (secondary N) is 2. The van der Waals surface area contributed by atoms with E-state index in [2.05, 4.69) is 55.2 Å². The van der Waals surface area contributed by atoms with Crippen molar-refractivity contribution in [1.29, 1.82) is 0 Å². The lowest BCUT2D eigenvalue weighted by Crippen LogP contribution is -2.62. The molecule has 1 aliphatic heterocycles. The summed E-state index contributed by atoms with van der Waals surface area (Å²) in [5, 5.41) is 60.3. The molecule has 2 aromatic rings. The number of hydrogen-bond donors (Lipinski definition) is 12. The number of ether oxygens (including phenoxy) is 1. The Morgan fingerprint density at radius 3 is 2.33 bits per heavy atom. The normalized spacial score (nSPS) is 34.2. The Morgan fingerprint density at radius 1 is 0.925 bits per heavy atom. The van der Waals surface area contributed by atoms with Crippen molar-refractivity contribution in [2.24, 2.45) is 57.7 Å². The number of nitrogen functional groups attached to an aromatic ring is 1. The van der Waals surface area contributed by atoms with Gasteiger partial charge in [-0.2, -0.15) is 4.31 Å². The Morgan fingerprint density at radius 2 is 1.62 bits per heavy atom. The second-order valence-corrected chi connectivity index (χ2v) is 28.8. The first-order chi connectivity index (χ1) is 37.2. The predicted molar refractivity (Wildman–Crippen MR) is 284 cm³/mol. The molecule has 4 saturated carbocycles. The smallest absolute Gasteiger partial charge is 0.393 e. The molecule has 3 heterocycles. The monoisotopic (exact) mass is 1210 g/mol. The number of phosphoric acid groups is 3. The van der Waals surface area contributed by atoms with Crippen LogP contribution >= 0.6 is 35.2 Å². The fourth-order valence-corrected chi connectivity index (χ4v) is 17.1. The van der Waals surface area contributed by atoms with E-state index in [1.165, 1.54) is 13.8 Å². The lowest BCUT2D eigenvalue weighted by molar-refractivity contribution is -0.207. The summed E-state index contributed by atoms with van der Waals surface area (Å²) in [6, 6.07) is 0. The number of carbonyl (C=O) groups is 4. The average molecular weight is 1210 g/mol. The van der Waals surface area contributed by atoms with Gasteiger partial charge in [0.05, 0.1) is 43.8 Å². The summed E-state index contributed by atoms with van der Waals surface area (Å²) in [6.07, 6.45) is -2.38. The number of phosphoric ester groups is 3. The summed E-state index contributed by atoms with van der Waals surface area (Å²) in [6.45, 7) is 8.34. The van der Waals surface area contributed by atoms with Gasteiger partial charge in [-0.3, -0.25) is 37.3 Å². The number of aliphatic hydroxyl groups is 5. The van der Waals surface area contributed by atoms with E-state index in [0.717, 1.165) is 54.7 Å². The van der Waals surface area contributed by atoms with Crippen LogP contribution in [-0.2, 0) is 55.5 Å². The van der Waals surface area contributed by atoms with E-state index in [1.807, 2.05) is 0 Å². The number of ketones is 1. The highest BCUT2D eigenvalue weighted by Crippen LogP contribution is 2.69. The van der Waals surface area contributed by atoms with E-state index < -0.39 is 108 Å². The molecule has 5 aliphatic rings. The fraction of sp³-hybridized carbons (Fsp3) is 0.812. The van der Waals surface area contributed by atoms with E-state index in [1.54, 1.807) is 6.92 Å². The molecule has 5 fully saturated rings. The second-order valence-electron chi connectivity index (χ2n) is 23.5. The quantitative estimate of drug-likeness (QED) is 0.0385. The number of rotatable bonds is 25. The molecule has 7 rings (SSSR count). The van der Waals surface area contributed by atoms with Crippen molar-refractivity contribution in [2.45, 2.75) is 155 Å². The number of Topliss-reactive ketones (excluding diaryl/α,β-unsaturated/α-hetero) is 1. The van der Waals surface area contributed by atoms with Gasteiger partial charge in [-0.1, -0.05) is 46.4 Å². The van der Waals surface area contributed by atoms with Gasteiger partial charge in [-0.25, -0.2) is 28.6 Å². The van der Waals surface area contributed by atoms with Crippen molar-refractivity contribution >= 4 is 74.9 Å². The number of aliphatic hydroxyl groups excluding tert-OH is 5. The fourth-order valence-electron chi connectivity index (χ4n) is 13.5. The van der Waals surface area contributed by atoms with Crippen molar-refractivity contribution in [2.75, 3.05) is 37.8 Å². The number of hydrogen-bond acceptors (Lipinski definition) is 22. The third-order valence-corrected chi connectivity index (χ3v) is 22.1. The molecule has 0 spiro atoms. The van der Waals surface area contributed by atoms with Gasteiger partial charge in [0, 0.05) is 37.1 Å². The van der Waals surface area contributed by atoms with Gasteiger partial charge in [0.2, 0.25) is 11.8 Å². The van der Waals surface area contributed by atoms with E-state index in [0.29, 0.717) is 25.7 Å². The van der Waals surface area contributed by atoms with E-state index in [4.69, 9.17) is 19.5 Å². The maximum absolute atomic E-state index is 13.3. The molecule has 32 heteroatoms. The molecule has 4 aliphatic carbocycles. The number of thioether (sulfide) groups is 1. The Bertz CT molecular complexity index is 2720. The molecule has 0 aromatic carbocycles. The summed E-state index contributed by atoms with van der Waals surface area (Å²) in [5.74, 6) is -1.63. The summed E-state index contributed by atoms with van der Waals surface area (Å²) in [5.41, 5.74) is 3.77. The molecule has 80 heavy (non-hydrogen) atoms. The van der Waals surface area contributed by atoms with Crippen molar-refractivity contribution < 1.29 is 101 Å². The first-order valence-electron chi connectivity index (χ1n) is 26.8. The van der Waals surface area contributed by atoms with Gasteiger partial charge in [0.1, 0.15) is 42.0 Å². The molecule has 19 atom stereocenters. The Hall–Kier alpha value is -2.89. The number of anilines is 1. The van der Waals surface area contributed by atoms with Crippen LogP contribution in [0.25, 0.3) is 11.2 Å². The first-order valence-corrected chi connectivity index (χ1v) is 32.3. The van der Waals surface area contributed by atoms with Crippen molar-refractivity contribution in [3.8, 4) is 0 Å². The van der Waals surface area contributed by atoms with Crippen LogP contribution in [0.4, 0.5) is 5.82 Å². The topological polar surface area (TPSA) is 441 Å². The molecular weight excluding hydrogens is 1140 g/mol. The van der Waals surface area contributed by atoms with Gasteiger partial charge in [-0.05, 0) is 105 Å². The summed E-state index contributed by atoms with van der Waals surface area (Å²) in [4.78, 5) is 103. The molecule has 1 saturated heterocycles. The van der Waals surface area contributed by atoms with Crippen LogP contribution in [0.1, 0.15) is 112 Å². The highest BCUT2D eigenvalue weighted by atomic mass is 32.2. The van der Waals surface area contributed by atoms with Crippen molar-refractivity contribution in [3.05, 3.63) is 12.7 Å². The maximum Gasteiger partial charge on any atom is 0.481 e. The minimum Gasteiger partial charge on any atom is -0.393 e. The first kappa shape index (κ1) is 64.7. The Labute approximate surface area is 466 Å². The van der Waals surface area contributed by atoms with Gasteiger partial charge >= 0.3 is 23.5 Å². The standard InChI is InChI=1S/C48H78N7O21P3S/c1-24(28-8-9-29-36-30(19-34(59)48(28,29)6)47(5)13-11-27(56)17-26(47)18-32(36)58)7-10-31(57)25(2)45(64)80-16-15-50-35(60)12-14-51-43(63)40(62)46(3,4)21-73-79(70,71)76-78(68,69)72-20-33-39(75-77(65,66)67)38(61)44(74-33)55-23-54-37-41(49)52-22-53-42(37)55/h22-30,32-34,36,38-40,44,56,58-59,61-62H,7-21H2,1-6H3,(H,50,60)(H,51,63)(H,68,69)(H,70,71)(H2,49,52,53)(H2,65,66,67)/t24-,25?,26+,27-,28-,29+,30+,32-,33-,34+,36+,38-,39-,40+,44-,47+,48-/m1/s1. The molecule has 28 nitrogen and oxygen atoms in total. The molecule has 2 aromatic heterocycles. The summed E-state index contributed by atoms with van der Waals surface area (Å²) >= 11 is 0.908. The zero-order valence-corrected chi connectivity index (χ0v) is 49.0. The molecule has 3 unspecified atom stereocenters. The number of nitrogens with two attached hydrogens (primary N) is 1. The predicted octanol–water partition coefficient (Wildman–Crippen LogP) is 2.25. The molecule has 0 radical (unpaired) electrons. The van der Waals surface area contributed by atoms with Gasteiger partial charge < -0.3 is 66.2 Å². The van der Waals surface area contributed by atoms with Gasteiger partial charge in [0.25, 0.3) is 0 Å². The van der Waals surface area contributed by atoms with Crippen LogP contribution in [0, 0.1) is 57.7 Å². The second kappa shape index (κ2) is 25.4. The number of nitrogens with zero attached hydrogens (tertiary/aromatic N) is 4. The molecule has 0 bridgehead atoms. The maximum atomic E-state index is 13.3. The Kier molecular flexibility index (Phi) is 20.5. The number of aromatic nitrogens is 4. The van der Waals surface area contributed by atoms with Crippen LogP contribution < -0.4 is 16.4 Å². The number of imidazole rings is 1. The van der Waals surface area contributed by atoms with Crippen molar-refractivity contribution in [3.63, 3.8) is 0 Å². The number of fused-ring (bicyclic) bond motifs is 6. The Balaban J connectivity index is 0.780. The van der Waals surface area contributed by atoms with Crippen LogP contribution in [0.2, 0.25) is 0 Å². The van der Waals surface area contributed by atoms with Crippen LogP contribution in [-0.4, -0.2) is 162 Å². The van der Waals surface area contributed by atoms with E-state index in [9.17, 15) is 78.0 Å². The highest BCUT2D eigenvalue weighted by molar-refractivity contribution is 8.13. The molecule has 13 N–H and O–H groups in total. The van der Waals surface area contributed by atoms with Crippen LogP contribution in [0.5, 0.6) is 0 Å². The number of amides is 2. The lowest BCUT2D eigenvalue weighted by Gasteiger charge is -2.63. The SMILES string of the molecule is CC(C(=O)CC[C@@H](C)[C@H]1CC[C@H]2[C@@H]3[C@H](O)C[C@@H]4C[C@H](O)CC[C@]4(C)[C@H]3C[C@H](O)[C@]12C)C(=O)SCCNC(=O)CCNC(=O)[C@H](O)C(C)(C)COP(=O)(O)OP(=O)(O)OC[C@H]1O[C@@H](n2cnc3c(N)ncnc32)[C@H](O)[C@@H]1OP(=O)(O)O. The largest absolute Gasteiger partial charge is 0.481 e. The zero-order valence-electron chi connectivity index (χ0n) is 45.5. The summed E-state index contributed by atoms with van der Waals surface area (Å²) in [7, 11) is -16.5. The third-order valence-electron chi connectivity index (χ3n) is 17.9. The van der Waals surface area contributed by atoms with Crippen LogP contribution in [0.3, 0.4) is 0 Å². The molecule has 2 amide bonds. The minimum absolute atomic E-state index is 0.0179. The highest BCUT2D eigenvalue weighted by Gasteiger charge is 2.66.